The Balaban J connectivity index is 2.03. The predicted octanol–water partition coefficient (Wildman–Crippen LogP) is 2.31. The zero-order chi connectivity index (χ0) is 19.9. The highest BCUT2D eigenvalue weighted by Crippen LogP contribution is 2.21. The van der Waals surface area contributed by atoms with Gasteiger partial charge in [-0.2, -0.15) is 5.10 Å². The van der Waals surface area contributed by atoms with Crippen LogP contribution in [0.4, 0.5) is 5.69 Å². The summed E-state index contributed by atoms with van der Waals surface area (Å²) in [6.45, 7) is 3.92. The molecule has 0 fully saturated rings. The molecule has 0 saturated carbocycles. The number of para-hydroxylation sites is 1. The fourth-order valence-electron chi connectivity index (χ4n) is 2.39. The van der Waals surface area contributed by atoms with Crippen molar-refractivity contribution in [3.8, 4) is 5.75 Å². The number of hydrogen-bond acceptors (Lipinski definition) is 5. The molecule has 2 aromatic rings. The van der Waals surface area contributed by atoms with E-state index in [0.29, 0.717) is 12.3 Å². The normalized spacial score (nSPS) is 11.4. The lowest BCUT2D eigenvalue weighted by molar-refractivity contribution is -0.119. The molecule has 7 nitrogen and oxygen atoms in total. The Morgan fingerprint density at radius 2 is 1.85 bits per heavy atom. The molecule has 0 bridgehead atoms. The summed E-state index contributed by atoms with van der Waals surface area (Å²) in [5.74, 6) is 0.214. The number of carbonyl (C=O) groups is 1. The van der Waals surface area contributed by atoms with Gasteiger partial charge >= 0.3 is 0 Å². The van der Waals surface area contributed by atoms with Gasteiger partial charge in [-0.25, -0.2) is 13.8 Å². The molecule has 0 saturated heterocycles. The number of carbonyl (C=O) groups excluding carboxylic acids is 1. The van der Waals surface area contributed by atoms with E-state index >= 15 is 0 Å². The Bertz CT molecular complexity index is 909. The summed E-state index contributed by atoms with van der Waals surface area (Å²) in [5.41, 5.74) is 4.35. The fraction of sp³-hybridized carbons (Fsp3) is 0.263. The number of nitrogens with zero attached hydrogens (tertiary/aromatic N) is 2. The Morgan fingerprint density at radius 1 is 1.19 bits per heavy atom. The first-order chi connectivity index (χ1) is 12.8. The highest BCUT2D eigenvalue weighted by molar-refractivity contribution is 7.92. The van der Waals surface area contributed by atoms with E-state index in [1.807, 2.05) is 6.92 Å². The number of rotatable bonds is 8. The molecule has 0 aliphatic heterocycles. The van der Waals surface area contributed by atoms with Crippen molar-refractivity contribution in [2.75, 3.05) is 23.7 Å². The predicted molar refractivity (Wildman–Crippen MR) is 107 cm³/mol. The van der Waals surface area contributed by atoms with Crippen molar-refractivity contribution in [1.29, 1.82) is 0 Å². The third-order valence-electron chi connectivity index (χ3n) is 3.67. The lowest BCUT2D eigenvalue weighted by Gasteiger charge is -2.23. The molecule has 0 spiro atoms. The lowest BCUT2D eigenvalue weighted by Crippen LogP contribution is -2.39. The van der Waals surface area contributed by atoms with E-state index in [1.54, 1.807) is 55.5 Å². The van der Waals surface area contributed by atoms with Gasteiger partial charge in [0.25, 0.3) is 5.91 Å². The summed E-state index contributed by atoms with van der Waals surface area (Å²) < 4.78 is 30.6. The van der Waals surface area contributed by atoms with E-state index in [-0.39, 0.29) is 6.54 Å². The molecule has 0 aromatic heterocycles. The van der Waals surface area contributed by atoms with Gasteiger partial charge in [0.05, 0.1) is 24.8 Å². The van der Waals surface area contributed by atoms with Gasteiger partial charge in [-0.15, -0.1) is 0 Å². The molecule has 0 unspecified atom stereocenters. The van der Waals surface area contributed by atoms with Gasteiger partial charge in [-0.3, -0.25) is 9.10 Å². The summed E-state index contributed by atoms with van der Waals surface area (Å²) >= 11 is 0. The van der Waals surface area contributed by atoms with E-state index in [0.717, 1.165) is 27.4 Å². The minimum Gasteiger partial charge on any atom is -0.494 e. The molecule has 0 radical (unpaired) electrons. The van der Waals surface area contributed by atoms with Gasteiger partial charge in [0, 0.05) is 0 Å². The second kappa shape index (κ2) is 9.18. The van der Waals surface area contributed by atoms with Crippen molar-refractivity contribution >= 4 is 27.8 Å². The van der Waals surface area contributed by atoms with E-state index in [4.69, 9.17) is 4.74 Å². The second-order valence-electron chi connectivity index (χ2n) is 5.85. The Kier molecular flexibility index (Phi) is 6.95. The van der Waals surface area contributed by atoms with Crippen LogP contribution in [0.15, 0.2) is 53.6 Å². The summed E-state index contributed by atoms with van der Waals surface area (Å²) in [4.78, 5) is 12.2. The highest BCUT2D eigenvalue weighted by Gasteiger charge is 2.21. The third kappa shape index (κ3) is 6.10. The highest BCUT2D eigenvalue weighted by atomic mass is 32.2. The van der Waals surface area contributed by atoms with Crippen LogP contribution in [-0.4, -0.2) is 39.9 Å². The molecule has 2 aromatic carbocycles. The first kappa shape index (κ1) is 20.4. The Labute approximate surface area is 159 Å². The van der Waals surface area contributed by atoms with Crippen molar-refractivity contribution in [2.45, 2.75) is 13.8 Å². The van der Waals surface area contributed by atoms with Gasteiger partial charge in [0.2, 0.25) is 10.0 Å². The molecule has 144 valence electrons. The fourth-order valence-corrected chi connectivity index (χ4v) is 3.30. The summed E-state index contributed by atoms with van der Waals surface area (Å²) in [5, 5.41) is 3.88. The smallest absolute Gasteiger partial charge is 0.260 e. The molecule has 0 atom stereocenters. The van der Waals surface area contributed by atoms with Crippen molar-refractivity contribution in [2.24, 2.45) is 5.10 Å². The Hall–Kier alpha value is -2.87. The minimum absolute atomic E-state index is 0.357. The zero-order valence-electron chi connectivity index (χ0n) is 15.5. The van der Waals surface area contributed by atoms with E-state index in [1.165, 1.54) is 6.21 Å². The van der Waals surface area contributed by atoms with Crippen molar-refractivity contribution in [3.63, 3.8) is 0 Å². The van der Waals surface area contributed by atoms with Crippen LogP contribution in [0.25, 0.3) is 0 Å². The average Bonchev–Trinajstić information content (AvgIpc) is 2.61. The summed E-state index contributed by atoms with van der Waals surface area (Å²) in [6, 6.07) is 14.2. The first-order valence-electron chi connectivity index (χ1n) is 8.39. The zero-order valence-corrected chi connectivity index (χ0v) is 16.4. The van der Waals surface area contributed by atoms with E-state index < -0.39 is 15.9 Å². The number of hydrogen-bond donors (Lipinski definition) is 1. The monoisotopic (exact) mass is 389 g/mol. The van der Waals surface area contributed by atoms with Crippen LogP contribution in [0.3, 0.4) is 0 Å². The Morgan fingerprint density at radius 3 is 2.44 bits per heavy atom. The molecular weight excluding hydrogens is 366 g/mol. The average molecular weight is 389 g/mol. The maximum atomic E-state index is 12.2. The molecule has 0 aliphatic rings. The van der Waals surface area contributed by atoms with Crippen LogP contribution in [0, 0.1) is 6.92 Å². The second-order valence-corrected chi connectivity index (χ2v) is 7.76. The van der Waals surface area contributed by atoms with Crippen LogP contribution < -0.4 is 14.5 Å². The number of anilines is 1. The van der Waals surface area contributed by atoms with Crippen LogP contribution in [-0.2, 0) is 14.8 Å². The maximum absolute atomic E-state index is 12.2. The van der Waals surface area contributed by atoms with Gasteiger partial charge in [-0.05, 0) is 55.3 Å². The van der Waals surface area contributed by atoms with Gasteiger partial charge in [-0.1, -0.05) is 18.2 Å². The first-order valence-corrected chi connectivity index (χ1v) is 10.2. The molecule has 27 heavy (non-hydrogen) atoms. The molecule has 2 rings (SSSR count). The van der Waals surface area contributed by atoms with Crippen LogP contribution in [0.1, 0.15) is 18.1 Å². The van der Waals surface area contributed by atoms with Crippen LogP contribution >= 0.6 is 0 Å². The van der Waals surface area contributed by atoms with Crippen molar-refractivity contribution < 1.29 is 17.9 Å². The maximum Gasteiger partial charge on any atom is 0.260 e. The molecule has 1 N–H and O–H groups in total. The number of amides is 1. The van der Waals surface area contributed by atoms with Crippen molar-refractivity contribution in [3.05, 3.63) is 59.7 Å². The number of hydrazone groups is 1. The molecule has 0 heterocycles. The van der Waals surface area contributed by atoms with E-state index in [9.17, 15) is 13.2 Å². The largest absolute Gasteiger partial charge is 0.494 e. The topological polar surface area (TPSA) is 88.1 Å². The number of sulfonamides is 1. The lowest BCUT2D eigenvalue weighted by atomic mass is 10.2. The number of nitrogens with one attached hydrogen (secondary N) is 1. The molecule has 8 heteroatoms. The number of benzene rings is 2. The van der Waals surface area contributed by atoms with Crippen LogP contribution in [0.2, 0.25) is 0 Å². The minimum atomic E-state index is -3.62. The van der Waals surface area contributed by atoms with Crippen molar-refractivity contribution in [1.82, 2.24) is 5.43 Å². The SMILES string of the molecule is CCOc1ccc(/C=N\NC(=O)CN(c2ccccc2C)S(C)(=O)=O)cc1. The summed E-state index contributed by atoms with van der Waals surface area (Å²) in [6.07, 6.45) is 2.54. The number of aryl methyl sites for hydroxylation is 1. The summed E-state index contributed by atoms with van der Waals surface area (Å²) in [7, 11) is -3.62. The molecule has 0 aliphatic carbocycles. The van der Waals surface area contributed by atoms with Gasteiger partial charge in [0.15, 0.2) is 0 Å². The standard InChI is InChI=1S/C19H23N3O4S/c1-4-26-17-11-9-16(10-12-17)13-20-21-19(23)14-22(27(3,24)25)18-8-6-5-7-15(18)2/h5-13H,4,14H2,1-3H3,(H,21,23)/b20-13-. The molecular formula is C19H23N3O4S. The number of ether oxygens (including phenoxy) is 1. The van der Waals surface area contributed by atoms with Crippen LogP contribution in [0.5, 0.6) is 5.75 Å². The quantitative estimate of drug-likeness (QED) is 0.554. The van der Waals surface area contributed by atoms with Gasteiger partial charge < -0.3 is 4.74 Å². The van der Waals surface area contributed by atoms with E-state index in [2.05, 4.69) is 10.5 Å². The molecule has 1 amide bonds. The van der Waals surface area contributed by atoms with Gasteiger partial charge in [0.1, 0.15) is 12.3 Å². The third-order valence-corrected chi connectivity index (χ3v) is 4.79.